The smallest absolute Gasteiger partial charge is 0.270 e. The molecule has 0 spiro atoms. The standard InChI is InChI=1S/C23H22ClN5O2/c1-2-3-7-12-31-20-11-10-16(13-19(20)24)15-26-29-23-27-21(17-8-5-4-6-9-17)18(14-25)22(30)28-23/h4-6,8-11,13,15H,2-3,7,12H2,1H3,(H2,27,28,29,30). The van der Waals surface area contributed by atoms with Gasteiger partial charge in [-0.1, -0.05) is 61.7 Å². The minimum absolute atomic E-state index is 0.0537. The molecule has 2 aromatic carbocycles. The van der Waals surface area contributed by atoms with Gasteiger partial charge in [0.1, 0.15) is 17.4 Å². The number of rotatable bonds is 9. The van der Waals surface area contributed by atoms with Gasteiger partial charge in [-0.05, 0) is 30.2 Å². The molecule has 0 saturated carbocycles. The Hall–Kier alpha value is -3.63. The third-order valence-corrected chi connectivity index (χ3v) is 4.72. The van der Waals surface area contributed by atoms with E-state index in [4.69, 9.17) is 16.3 Å². The minimum atomic E-state index is -0.540. The first-order valence-electron chi connectivity index (χ1n) is 9.93. The number of hydrogen-bond acceptors (Lipinski definition) is 6. The number of hydrazone groups is 1. The van der Waals surface area contributed by atoms with Gasteiger partial charge in [0.15, 0.2) is 0 Å². The number of anilines is 1. The third kappa shape index (κ3) is 5.93. The molecule has 1 heterocycles. The molecule has 7 nitrogen and oxygen atoms in total. The van der Waals surface area contributed by atoms with E-state index in [0.717, 1.165) is 24.8 Å². The van der Waals surface area contributed by atoms with Crippen LogP contribution in [0.1, 0.15) is 37.3 Å². The highest BCUT2D eigenvalue weighted by molar-refractivity contribution is 6.32. The van der Waals surface area contributed by atoms with E-state index in [0.29, 0.717) is 22.9 Å². The molecule has 0 aliphatic carbocycles. The molecule has 0 saturated heterocycles. The molecule has 158 valence electrons. The number of aromatic amines is 1. The van der Waals surface area contributed by atoms with Gasteiger partial charge in [-0.3, -0.25) is 9.78 Å². The largest absolute Gasteiger partial charge is 0.492 e. The lowest BCUT2D eigenvalue weighted by atomic mass is 10.1. The Morgan fingerprint density at radius 3 is 2.77 bits per heavy atom. The zero-order valence-electron chi connectivity index (χ0n) is 17.1. The Kier molecular flexibility index (Phi) is 7.79. The van der Waals surface area contributed by atoms with Crippen LogP contribution in [-0.4, -0.2) is 22.8 Å². The molecule has 0 fully saturated rings. The molecule has 0 atom stereocenters. The molecule has 1 aromatic heterocycles. The second-order valence-electron chi connectivity index (χ2n) is 6.73. The number of H-pyrrole nitrogens is 1. The number of nitriles is 1. The first-order valence-corrected chi connectivity index (χ1v) is 10.3. The fourth-order valence-electron chi connectivity index (χ4n) is 2.85. The highest BCUT2D eigenvalue weighted by atomic mass is 35.5. The van der Waals surface area contributed by atoms with Crippen molar-refractivity contribution in [3.63, 3.8) is 0 Å². The topological polar surface area (TPSA) is 103 Å². The van der Waals surface area contributed by atoms with E-state index in [9.17, 15) is 10.1 Å². The van der Waals surface area contributed by atoms with E-state index in [1.807, 2.05) is 30.3 Å². The summed E-state index contributed by atoms with van der Waals surface area (Å²) in [6.45, 7) is 2.77. The maximum absolute atomic E-state index is 12.3. The van der Waals surface area contributed by atoms with Gasteiger partial charge >= 0.3 is 0 Å². The van der Waals surface area contributed by atoms with Gasteiger partial charge in [-0.25, -0.2) is 10.4 Å². The molecule has 0 aliphatic heterocycles. The normalized spacial score (nSPS) is 10.7. The Bertz CT molecular complexity index is 1150. The van der Waals surface area contributed by atoms with Crippen molar-refractivity contribution in [2.45, 2.75) is 26.2 Å². The van der Waals surface area contributed by atoms with Crippen molar-refractivity contribution in [2.24, 2.45) is 5.10 Å². The molecule has 8 heteroatoms. The quantitative estimate of drug-likeness (QED) is 0.280. The van der Waals surface area contributed by atoms with Crippen LogP contribution in [0.3, 0.4) is 0 Å². The zero-order chi connectivity index (χ0) is 22.1. The fraction of sp³-hybridized carbons (Fsp3) is 0.217. The Morgan fingerprint density at radius 2 is 2.06 bits per heavy atom. The van der Waals surface area contributed by atoms with Crippen LogP contribution >= 0.6 is 11.6 Å². The van der Waals surface area contributed by atoms with Gasteiger partial charge in [-0.15, -0.1) is 0 Å². The van der Waals surface area contributed by atoms with Crippen LogP contribution in [0, 0.1) is 11.3 Å². The van der Waals surface area contributed by atoms with Crippen molar-refractivity contribution in [1.29, 1.82) is 5.26 Å². The summed E-state index contributed by atoms with van der Waals surface area (Å²) in [5.41, 5.74) is 3.81. The Balaban J connectivity index is 1.73. The number of aromatic nitrogens is 2. The van der Waals surface area contributed by atoms with Gasteiger partial charge in [0.25, 0.3) is 5.56 Å². The van der Waals surface area contributed by atoms with Gasteiger partial charge in [-0.2, -0.15) is 10.4 Å². The van der Waals surface area contributed by atoms with Crippen LogP contribution in [0.15, 0.2) is 58.4 Å². The summed E-state index contributed by atoms with van der Waals surface area (Å²) in [7, 11) is 0. The lowest BCUT2D eigenvalue weighted by Crippen LogP contribution is -2.16. The van der Waals surface area contributed by atoms with Crippen LogP contribution in [0.2, 0.25) is 5.02 Å². The van der Waals surface area contributed by atoms with Gasteiger partial charge < -0.3 is 4.74 Å². The molecular weight excluding hydrogens is 414 g/mol. The molecule has 2 N–H and O–H groups in total. The summed E-state index contributed by atoms with van der Waals surface area (Å²) in [6, 6.07) is 16.3. The Labute approximate surface area is 185 Å². The van der Waals surface area contributed by atoms with E-state index < -0.39 is 5.56 Å². The lowest BCUT2D eigenvalue weighted by Gasteiger charge is -2.08. The minimum Gasteiger partial charge on any atom is -0.492 e. The van der Waals surface area contributed by atoms with E-state index in [2.05, 4.69) is 27.4 Å². The van der Waals surface area contributed by atoms with Crippen LogP contribution in [0.5, 0.6) is 5.75 Å². The summed E-state index contributed by atoms with van der Waals surface area (Å²) in [4.78, 5) is 19.1. The highest BCUT2D eigenvalue weighted by Crippen LogP contribution is 2.25. The summed E-state index contributed by atoms with van der Waals surface area (Å²) < 4.78 is 5.69. The first-order chi connectivity index (χ1) is 15.1. The number of nitrogens with zero attached hydrogens (tertiary/aromatic N) is 3. The molecule has 0 radical (unpaired) electrons. The van der Waals surface area contributed by atoms with Gasteiger partial charge in [0.05, 0.1) is 23.5 Å². The maximum Gasteiger partial charge on any atom is 0.270 e. The summed E-state index contributed by atoms with van der Waals surface area (Å²) in [6.07, 6.45) is 4.78. The number of hydrogen-bond donors (Lipinski definition) is 2. The van der Waals surface area contributed by atoms with Gasteiger partial charge in [0.2, 0.25) is 5.95 Å². The zero-order valence-corrected chi connectivity index (χ0v) is 17.8. The van der Waals surface area contributed by atoms with Gasteiger partial charge in [0, 0.05) is 5.56 Å². The summed E-state index contributed by atoms with van der Waals surface area (Å²) >= 11 is 6.28. The summed E-state index contributed by atoms with van der Waals surface area (Å²) in [5.74, 6) is 0.759. The monoisotopic (exact) mass is 435 g/mol. The molecule has 31 heavy (non-hydrogen) atoms. The second-order valence-corrected chi connectivity index (χ2v) is 7.14. The van der Waals surface area contributed by atoms with E-state index in [1.165, 1.54) is 0 Å². The highest BCUT2D eigenvalue weighted by Gasteiger charge is 2.12. The van der Waals surface area contributed by atoms with Crippen molar-refractivity contribution in [3.8, 4) is 23.1 Å². The SMILES string of the molecule is CCCCCOc1ccc(C=NNc2nc(-c3ccccc3)c(C#N)c(=O)[nH]2)cc1Cl. The van der Waals surface area contributed by atoms with E-state index in [-0.39, 0.29) is 17.2 Å². The maximum atomic E-state index is 12.3. The van der Waals surface area contributed by atoms with Crippen molar-refractivity contribution in [2.75, 3.05) is 12.0 Å². The van der Waals surface area contributed by atoms with Crippen molar-refractivity contribution >= 4 is 23.8 Å². The first kappa shape index (κ1) is 22.1. The van der Waals surface area contributed by atoms with Crippen LogP contribution in [0.4, 0.5) is 5.95 Å². The molecule has 0 unspecified atom stereocenters. The predicted molar refractivity (Wildman–Crippen MR) is 123 cm³/mol. The molecule has 0 bridgehead atoms. The summed E-state index contributed by atoms with van der Waals surface area (Å²) in [5, 5.41) is 13.9. The van der Waals surface area contributed by atoms with Crippen molar-refractivity contribution in [1.82, 2.24) is 9.97 Å². The molecule has 0 aliphatic rings. The molecule has 3 aromatic rings. The molecule has 0 amide bonds. The Morgan fingerprint density at radius 1 is 1.26 bits per heavy atom. The fourth-order valence-corrected chi connectivity index (χ4v) is 3.09. The average Bonchev–Trinajstić information content (AvgIpc) is 2.78. The number of benzene rings is 2. The molecule has 3 rings (SSSR count). The van der Waals surface area contributed by atoms with Crippen LogP contribution < -0.4 is 15.7 Å². The van der Waals surface area contributed by atoms with E-state index >= 15 is 0 Å². The number of halogens is 1. The molecular formula is C23H22ClN5O2. The number of nitrogens with one attached hydrogen (secondary N) is 2. The lowest BCUT2D eigenvalue weighted by molar-refractivity contribution is 0.306. The third-order valence-electron chi connectivity index (χ3n) is 4.42. The predicted octanol–water partition coefficient (Wildman–Crippen LogP) is 4.98. The second kappa shape index (κ2) is 11.0. The number of ether oxygens (including phenoxy) is 1. The average molecular weight is 436 g/mol. The van der Waals surface area contributed by atoms with Crippen LogP contribution in [0.25, 0.3) is 11.3 Å². The number of unbranched alkanes of at least 4 members (excludes halogenated alkanes) is 2. The van der Waals surface area contributed by atoms with Crippen molar-refractivity contribution in [3.05, 3.63) is 75.0 Å². The van der Waals surface area contributed by atoms with E-state index in [1.54, 1.807) is 30.5 Å². The van der Waals surface area contributed by atoms with Crippen LogP contribution in [-0.2, 0) is 0 Å². The van der Waals surface area contributed by atoms with Crippen molar-refractivity contribution < 1.29 is 4.74 Å².